The zero-order chi connectivity index (χ0) is 23.0. The summed E-state index contributed by atoms with van der Waals surface area (Å²) in [6.07, 6.45) is 0. The molecule has 0 bridgehead atoms. The maximum absolute atomic E-state index is 12.5. The molecule has 0 saturated heterocycles. The summed E-state index contributed by atoms with van der Waals surface area (Å²) < 4.78 is 6.61. The molecule has 3 aromatic carbocycles. The van der Waals surface area contributed by atoms with Crippen LogP contribution in [0, 0.1) is 0 Å². The number of nitrogens with one attached hydrogen (secondary N) is 2. The van der Waals surface area contributed by atoms with Crippen LogP contribution in [-0.2, 0) is 11.3 Å². The fourth-order valence-electron chi connectivity index (χ4n) is 3.27. The summed E-state index contributed by atoms with van der Waals surface area (Å²) >= 11 is 0. The maximum atomic E-state index is 12.5. The third-order valence-electron chi connectivity index (χ3n) is 4.85. The Morgan fingerprint density at radius 1 is 0.848 bits per heavy atom. The summed E-state index contributed by atoms with van der Waals surface area (Å²) in [4.78, 5) is 24.8. The maximum Gasteiger partial charge on any atom is 0.267 e. The lowest BCUT2D eigenvalue weighted by atomic mass is 10.1. The van der Waals surface area contributed by atoms with E-state index in [0.717, 1.165) is 27.4 Å². The van der Waals surface area contributed by atoms with Gasteiger partial charge in [-0.05, 0) is 73.7 Å². The Bertz CT molecular complexity index is 1270. The minimum atomic E-state index is -0.345. The van der Waals surface area contributed by atoms with Crippen molar-refractivity contribution in [2.75, 3.05) is 17.2 Å². The summed E-state index contributed by atoms with van der Waals surface area (Å²) in [6.45, 7) is 2.32. The Morgan fingerprint density at radius 3 is 2.21 bits per heavy atom. The molecule has 0 radical (unpaired) electrons. The molecule has 1 aromatic heterocycles. The Hall–Kier alpha value is -4.39. The Balaban J connectivity index is 1.41. The lowest BCUT2D eigenvalue weighted by Crippen LogP contribution is -2.29. The second-order valence-electron chi connectivity index (χ2n) is 7.29. The number of anilines is 3. The van der Waals surface area contributed by atoms with Gasteiger partial charge in [-0.25, -0.2) is 4.68 Å². The van der Waals surface area contributed by atoms with Crippen LogP contribution < -0.4 is 20.9 Å². The zero-order valence-electron chi connectivity index (χ0n) is 18.2. The van der Waals surface area contributed by atoms with Crippen molar-refractivity contribution in [3.8, 4) is 17.0 Å². The molecule has 0 aliphatic heterocycles. The molecule has 1 heterocycles. The van der Waals surface area contributed by atoms with E-state index in [4.69, 9.17) is 4.74 Å². The molecule has 1 amide bonds. The molecular formula is C26H24N4O3. The molecule has 0 spiro atoms. The normalized spacial score (nSPS) is 10.5. The quantitative estimate of drug-likeness (QED) is 0.415. The lowest BCUT2D eigenvalue weighted by molar-refractivity contribution is -0.117. The lowest BCUT2D eigenvalue weighted by Gasteiger charge is -2.10. The molecule has 4 rings (SSSR count). The first-order valence-electron chi connectivity index (χ1n) is 10.6. The second-order valence-corrected chi connectivity index (χ2v) is 7.29. The topological polar surface area (TPSA) is 85.2 Å². The zero-order valence-corrected chi connectivity index (χ0v) is 18.2. The van der Waals surface area contributed by atoms with Crippen molar-refractivity contribution in [1.29, 1.82) is 0 Å². The van der Waals surface area contributed by atoms with Crippen molar-refractivity contribution in [3.05, 3.63) is 101 Å². The molecule has 0 atom stereocenters. The van der Waals surface area contributed by atoms with Crippen LogP contribution in [-0.4, -0.2) is 22.3 Å². The van der Waals surface area contributed by atoms with Gasteiger partial charge in [0.2, 0.25) is 5.91 Å². The Kier molecular flexibility index (Phi) is 6.80. The monoisotopic (exact) mass is 440 g/mol. The summed E-state index contributed by atoms with van der Waals surface area (Å²) in [5, 5.41) is 10.4. The molecule has 33 heavy (non-hydrogen) atoms. The molecule has 7 heteroatoms. The van der Waals surface area contributed by atoms with Crippen LogP contribution in [0.15, 0.2) is 95.8 Å². The van der Waals surface area contributed by atoms with Gasteiger partial charge in [0.15, 0.2) is 0 Å². The highest BCUT2D eigenvalue weighted by atomic mass is 16.5. The number of amides is 1. The summed E-state index contributed by atoms with van der Waals surface area (Å²) in [5.41, 5.74) is 3.60. The first-order valence-corrected chi connectivity index (χ1v) is 10.6. The molecular weight excluding hydrogens is 416 g/mol. The number of rotatable bonds is 8. The average molecular weight is 441 g/mol. The van der Waals surface area contributed by atoms with E-state index in [1.54, 1.807) is 18.2 Å². The number of aromatic nitrogens is 2. The minimum absolute atomic E-state index is 0.187. The average Bonchev–Trinajstić information content (AvgIpc) is 2.83. The summed E-state index contributed by atoms with van der Waals surface area (Å²) in [7, 11) is 0. The highest BCUT2D eigenvalue weighted by molar-refractivity contribution is 5.90. The van der Waals surface area contributed by atoms with Gasteiger partial charge < -0.3 is 15.4 Å². The highest BCUT2D eigenvalue weighted by Crippen LogP contribution is 2.20. The number of hydrogen-bond donors (Lipinski definition) is 2. The van der Waals surface area contributed by atoms with Crippen LogP contribution in [0.5, 0.6) is 5.75 Å². The number of para-hydroxylation sites is 1. The third-order valence-corrected chi connectivity index (χ3v) is 4.85. The number of hydrogen-bond acceptors (Lipinski definition) is 5. The number of carbonyl (C=O) groups is 1. The molecule has 0 aliphatic rings. The first-order chi connectivity index (χ1) is 16.1. The number of benzene rings is 3. The number of ether oxygens (including phenoxy) is 1. The molecule has 0 fully saturated rings. The van der Waals surface area contributed by atoms with Crippen molar-refractivity contribution in [2.45, 2.75) is 13.5 Å². The molecule has 0 aliphatic carbocycles. The second kappa shape index (κ2) is 10.3. The molecule has 2 N–H and O–H groups in total. The van der Waals surface area contributed by atoms with E-state index < -0.39 is 0 Å². The van der Waals surface area contributed by atoms with E-state index in [9.17, 15) is 9.59 Å². The predicted octanol–water partition coefficient (Wildman–Crippen LogP) is 4.69. The van der Waals surface area contributed by atoms with Crippen molar-refractivity contribution in [1.82, 2.24) is 9.78 Å². The SMILES string of the molecule is CCOc1ccc(-c2ccc(=O)n(CC(=O)Nc3ccc(Nc4ccccc4)cc3)n2)cc1. The molecule has 0 unspecified atom stereocenters. The van der Waals surface area contributed by atoms with Crippen LogP contribution in [0.25, 0.3) is 11.3 Å². The van der Waals surface area contributed by atoms with Crippen LogP contribution in [0.2, 0.25) is 0 Å². The van der Waals surface area contributed by atoms with E-state index in [2.05, 4.69) is 15.7 Å². The van der Waals surface area contributed by atoms with Gasteiger partial charge in [0.05, 0.1) is 12.3 Å². The van der Waals surface area contributed by atoms with Crippen molar-refractivity contribution >= 4 is 23.0 Å². The fourth-order valence-corrected chi connectivity index (χ4v) is 3.27. The van der Waals surface area contributed by atoms with Crippen molar-refractivity contribution in [3.63, 3.8) is 0 Å². The van der Waals surface area contributed by atoms with Gasteiger partial charge in [0.25, 0.3) is 5.56 Å². The predicted molar refractivity (Wildman–Crippen MR) is 130 cm³/mol. The molecule has 7 nitrogen and oxygen atoms in total. The van der Waals surface area contributed by atoms with Gasteiger partial charge in [-0.2, -0.15) is 5.10 Å². The highest BCUT2D eigenvalue weighted by Gasteiger charge is 2.09. The van der Waals surface area contributed by atoms with Gasteiger partial charge in [-0.1, -0.05) is 18.2 Å². The van der Waals surface area contributed by atoms with E-state index in [1.165, 1.54) is 6.07 Å². The molecule has 4 aromatic rings. The van der Waals surface area contributed by atoms with Crippen LogP contribution in [0.1, 0.15) is 6.92 Å². The Labute approximate surface area is 191 Å². The van der Waals surface area contributed by atoms with Crippen LogP contribution in [0.3, 0.4) is 0 Å². The van der Waals surface area contributed by atoms with E-state index in [-0.39, 0.29) is 18.0 Å². The van der Waals surface area contributed by atoms with E-state index in [1.807, 2.05) is 73.7 Å². The van der Waals surface area contributed by atoms with Crippen LogP contribution >= 0.6 is 0 Å². The van der Waals surface area contributed by atoms with Gasteiger partial charge in [0, 0.05) is 28.7 Å². The fraction of sp³-hybridized carbons (Fsp3) is 0.115. The van der Waals surface area contributed by atoms with Gasteiger partial charge in [0.1, 0.15) is 12.3 Å². The van der Waals surface area contributed by atoms with Gasteiger partial charge in [-0.3, -0.25) is 9.59 Å². The van der Waals surface area contributed by atoms with Crippen molar-refractivity contribution < 1.29 is 9.53 Å². The molecule has 0 saturated carbocycles. The number of carbonyl (C=O) groups excluding carboxylic acids is 1. The summed E-state index contributed by atoms with van der Waals surface area (Å²) in [6, 6.07) is 27.7. The van der Waals surface area contributed by atoms with E-state index in [0.29, 0.717) is 18.0 Å². The minimum Gasteiger partial charge on any atom is -0.494 e. The smallest absolute Gasteiger partial charge is 0.267 e. The Morgan fingerprint density at radius 2 is 1.52 bits per heavy atom. The number of nitrogens with zero attached hydrogens (tertiary/aromatic N) is 2. The van der Waals surface area contributed by atoms with Crippen molar-refractivity contribution in [2.24, 2.45) is 0 Å². The first kappa shape index (κ1) is 21.8. The van der Waals surface area contributed by atoms with Gasteiger partial charge in [-0.15, -0.1) is 0 Å². The molecule has 166 valence electrons. The third kappa shape index (κ3) is 5.86. The van der Waals surface area contributed by atoms with E-state index >= 15 is 0 Å². The largest absolute Gasteiger partial charge is 0.494 e. The van der Waals surface area contributed by atoms with Gasteiger partial charge >= 0.3 is 0 Å². The summed E-state index contributed by atoms with van der Waals surface area (Å²) in [5.74, 6) is 0.427. The van der Waals surface area contributed by atoms with Crippen LogP contribution in [0.4, 0.5) is 17.1 Å². The standard InChI is InChI=1S/C26H24N4O3/c1-2-33-23-14-8-19(9-15-23)24-16-17-26(32)30(29-24)18-25(31)28-22-12-10-21(11-13-22)27-20-6-4-3-5-7-20/h3-17,27H,2,18H2,1H3,(H,28,31).